The van der Waals surface area contributed by atoms with Gasteiger partial charge in [0.25, 0.3) is 0 Å². The highest BCUT2D eigenvalue weighted by Crippen LogP contribution is 2.46. The first-order valence-electron chi connectivity index (χ1n) is 12.6. The van der Waals surface area contributed by atoms with Crippen molar-refractivity contribution in [1.82, 2.24) is 0 Å². The zero-order valence-electron chi connectivity index (χ0n) is 21.2. The second kappa shape index (κ2) is 11.6. The van der Waals surface area contributed by atoms with Gasteiger partial charge in [-0.15, -0.1) is 0 Å². The number of nitrogens with two attached hydrogens (primary N) is 1. The highest BCUT2D eigenvalue weighted by molar-refractivity contribution is 6.05. The fourth-order valence-electron chi connectivity index (χ4n) is 5.72. The molecule has 0 aromatic heterocycles. The van der Waals surface area contributed by atoms with E-state index in [0.717, 1.165) is 38.0 Å². The molecule has 3 atom stereocenters. The maximum atomic E-state index is 13.4. The third-order valence-electron chi connectivity index (χ3n) is 7.62. The van der Waals surface area contributed by atoms with Gasteiger partial charge < -0.3 is 36.0 Å². The van der Waals surface area contributed by atoms with Gasteiger partial charge in [0.1, 0.15) is 11.4 Å². The molecule has 1 aliphatic carbocycles. The minimum absolute atomic E-state index is 0.00120. The van der Waals surface area contributed by atoms with Gasteiger partial charge in [0.15, 0.2) is 11.6 Å². The number of nitrogens with zero attached hydrogens (tertiary/aromatic N) is 2. The molecule has 1 fully saturated rings. The first-order chi connectivity index (χ1) is 17.0. The molecule has 2 aliphatic rings. The average Bonchev–Trinajstić information content (AvgIpc) is 2.83. The minimum atomic E-state index is -2.26. The van der Waals surface area contributed by atoms with Gasteiger partial charge in [-0.05, 0) is 62.0 Å². The zero-order valence-corrected chi connectivity index (χ0v) is 21.2. The van der Waals surface area contributed by atoms with Crippen LogP contribution in [0.5, 0.6) is 5.75 Å². The Balaban J connectivity index is 1.95. The summed E-state index contributed by atoms with van der Waals surface area (Å²) in [6.45, 7) is 0.358. The summed E-state index contributed by atoms with van der Waals surface area (Å²) in [5, 5.41) is 41.7. The summed E-state index contributed by atoms with van der Waals surface area (Å²) >= 11 is 0. The van der Waals surface area contributed by atoms with Crippen molar-refractivity contribution in [1.29, 1.82) is 0 Å². The number of hydrogen-bond donors (Lipinski definition) is 5. The number of Topliss-reactive ketones (excluding diaryl/α,β-unsaturated/α-hetero) is 2. The highest BCUT2D eigenvalue weighted by Gasteiger charge is 2.45. The molecule has 200 valence electrons. The van der Waals surface area contributed by atoms with Crippen LogP contribution in [0.2, 0.25) is 0 Å². The van der Waals surface area contributed by atoms with Crippen molar-refractivity contribution < 1.29 is 34.8 Å². The van der Waals surface area contributed by atoms with Gasteiger partial charge in [0.2, 0.25) is 5.91 Å². The van der Waals surface area contributed by atoms with Gasteiger partial charge in [-0.2, -0.15) is 0 Å². The number of carbonyl (C=O) groups is 3. The van der Waals surface area contributed by atoms with Gasteiger partial charge in [-0.25, -0.2) is 0 Å². The predicted octanol–water partition coefficient (Wildman–Crippen LogP) is 0.750. The van der Waals surface area contributed by atoms with Crippen molar-refractivity contribution in [3.05, 3.63) is 17.2 Å². The Hall–Kier alpha value is -2.69. The molecule has 1 amide bonds. The predicted molar refractivity (Wildman–Crippen MR) is 135 cm³/mol. The number of hydrogen-bond acceptors (Lipinski definition) is 9. The van der Waals surface area contributed by atoms with E-state index in [1.165, 1.54) is 0 Å². The maximum Gasteiger partial charge on any atom is 0.224 e. The van der Waals surface area contributed by atoms with E-state index in [-0.39, 0.29) is 43.3 Å². The van der Waals surface area contributed by atoms with E-state index >= 15 is 0 Å². The number of phenolic OH excluding ortho intramolecular Hbond substituents is 1. The lowest BCUT2D eigenvalue weighted by Crippen LogP contribution is -2.51. The smallest absolute Gasteiger partial charge is 0.224 e. The van der Waals surface area contributed by atoms with Crippen LogP contribution in [0, 0.1) is 11.8 Å². The summed E-state index contributed by atoms with van der Waals surface area (Å²) in [4.78, 5) is 41.3. The zero-order chi connectivity index (χ0) is 26.6. The number of primary amides is 1. The summed E-state index contributed by atoms with van der Waals surface area (Å²) in [6, 6.07) is 1.92. The number of piperidine rings is 1. The Kier molecular flexibility index (Phi) is 8.97. The van der Waals surface area contributed by atoms with Crippen molar-refractivity contribution in [3.8, 4) is 5.75 Å². The second-order valence-corrected chi connectivity index (χ2v) is 10.4. The van der Waals surface area contributed by atoms with Crippen LogP contribution >= 0.6 is 0 Å². The molecule has 0 radical (unpaired) electrons. The number of fused-ring (bicyclic) bond motifs is 1. The van der Waals surface area contributed by atoms with Crippen molar-refractivity contribution in [2.24, 2.45) is 17.6 Å². The van der Waals surface area contributed by atoms with Crippen LogP contribution in [0.25, 0.3) is 0 Å². The summed E-state index contributed by atoms with van der Waals surface area (Å²) in [6.07, 6.45) is 3.12. The topological polar surface area (TPSA) is 165 Å². The van der Waals surface area contributed by atoms with E-state index < -0.39 is 36.2 Å². The highest BCUT2D eigenvalue weighted by atomic mass is 16.3. The molecule has 1 aliphatic heterocycles. The monoisotopic (exact) mass is 505 g/mol. The SMILES string of the molecule is CN(C)c1cc(N2CCCCC2)c(O)c2c1C[C@@H](C[C@@H](CCO)[C@](O)(CO)C(=O)CC(N)=O)CC2=O. The maximum absolute atomic E-state index is 13.4. The third kappa shape index (κ3) is 5.66. The van der Waals surface area contributed by atoms with Crippen molar-refractivity contribution in [2.75, 3.05) is 50.2 Å². The molecule has 1 aromatic rings. The molecule has 3 rings (SSSR count). The number of phenols is 1. The van der Waals surface area contributed by atoms with Crippen molar-refractivity contribution >= 4 is 28.8 Å². The molecular formula is C26H39N3O7. The van der Waals surface area contributed by atoms with Crippen molar-refractivity contribution in [2.45, 2.75) is 57.0 Å². The van der Waals surface area contributed by atoms with Crippen LogP contribution in [0.3, 0.4) is 0 Å². The molecular weight excluding hydrogens is 466 g/mol. The molecule has 36 heavy (non-hydrogen) atoms. The standard InChI is InChI=1S/C26H39N3O7/c1-28(2)19-13-20(29-7-4-3-5-8-29)25(35)24-18(19)11-16(12-21(24)32)10-17(6-9-30)26(36,15-31)22(33)14-23(27)34/h13,16-17,30-31,35-36H,3-12,14-15H2,1-2H3,(H2,27,34)/t16-,17-,26-/m1/s1. The first-order valence-corrected chi connectivity index (χ1v) is 12.6. The molecule has 10 heteroatoms. The van der Waals surface area contributed by atoms with Gasteiger partial charge in [-0.1, -0.05) is 0 Å². The van der Waals surface area contributed by atoms with Gasteiger partial charge in [0, 0.05) is 45.9 Å². The normalized spacial score (nSPS) is 20.4. The number of aliphatic hydroxyl groups excluding tert-OH is 2. The summed E-state index contributed by atoms with van der Waals surface area (Å²) in [5.74, 6) is -3.25. The molecule has 0 bridgehead atoms. The van der Waals surface area contributed by atoms with Crippen LogP contribution in [0.1, 0.15) is 60.9 Å². The number of carbonyl (C=O) groups excluding carboxylic acids is 3. The number of aromatic hydroxyl groups is 1. The van der Waals surface area contributed by atoms with Gasteiger partial charge in [-0.3, -0.25) is 14.4 Å². The molecule has 1 heterocycles. The van der Waals surface area contributed by atoms with E-state index in [4.69, 9.17) is 5.73 Å². The van der Waals surface area contributed by atoms with Gasteiger partial charge >= 0.3 is 0 Å². The van der Waals surface area contributed by atoms with Crippen LogP contribution in [0.4, 0.5) is 11.4 Å². The number of anilines is 2. The molecule has 1 aromatic carbocycles. The third-order valence-corrected chi connectivity index (χ3v) is 7.62. The van der Waals surface area contributed by atoms with Crippen LogP contribution in [0.15, 0.2) is 6.07 Å². The largest absolute Gasteiger partial charge is 0.505 e. The van der Waals surface area contributed by atoms with Gasteiger partial charge in [0.05, 0.1) is 24.3 Å². The Bertz CT molecular complexity index is 990. The first kappa shape index (κ1) is 27.9. The van der Waals surface area contributed by atoms with E-state index in [0.29, 0.717) is 23.2 Å². The number of benzene rings is 1. The Morgan fingerprint density at radius 1 is 1.19 bits per heavy atom. The Morgan fingerprint density at radius 2 is 1.86 bits per heavy atom. The molecule has 6 N–H and O–H groups in total. The van der Waals surface area contributed by atoms with E-state index in [2.05, 4.69) is 4.90 Å². The lowest BCUT2D eigenvalue weighted by Gasteiger charge is -2.38. The van der Waals surface area contributed by atoms with E-state index in [1.54, 1.807) is 0 Å². The Morgan fingerprint density at radius 3 is 2.42 bits per heavy atom. The lowest BCUT2D eigenvalue weighted by atomic mass is 9.71. The number of rotatable bonds is 11. The molecule has 0 unspecified atom stereocenters. The Labute approximate surface area is 211 Å². The minimum Gasteiger partial charge on any atom is -0.505 e. The summed E-state index contributed by atoms with van der Waals surface area (Å²) in [5.41, 5.74) is 5.37. The quantitative estimate of drug-likeness (QED) is 0.273. The van der Waals surface area contributed by atoms with E-state index in [9.17, 15) is 34.8 Å². The van der Waals surface area contributed by atoms with Crippen LogP contribution < -0.4 is 15.5 Å². The van der Waals surface area contributed by atoms with Crippen LogP contribution in [-0.2, 0) is 16.0 Å². The fourth-order valence-corrected chi connectivity index (χ4v) is 5.72. The number of aliphatic hydroxyl groups is 3. The van der Waals surface area contributed by atoms with Crippen LogP contribution in [-0.4, -0.2) is 83.9 Å². The average molecular weight is 506 g/mol. The summed E-state index contributed by atoms with van der Waals surface area (Å²) in [7, 11) is 3.75. The molecule has 0 spiro atoms. The summed E-state index contributed by atoms with van der Waals surface area (Å²) < 4.78 is 0. The lowest BCUT2D eigenvalue weighted by molar-refractivity contribution is -0.153. The molecule has 0 saturated carbocycles. The fraction of sp³-hybridized carbons (Fsp3) is 0.654. The number of ketones is 2. The second-order valence-electron chi connectivity index (χ2n) is 10.4. The molecule has 1 saturated heterocycles. The number of amides is 1. The van der Waals surface area contributed by atoms with E-state index in [1.807, 2.05) is 25.1 Å². The van der Waals surface area contributed by atoms with Crippen molar-refractivity contribution in [3.63, 3.8) is 0 Å². The molecule has 10 nitrogen and oxygen atoms in total.